The van der Waals surface area contributed by atoms with Gasteiger partial charge in [-0.05, 0) is 85.3 Å². The molecular formula is C30H30Cl4F6N2OS4. The Morgan fingerprint density at radius 1 is 0.574 bits per heavy atom. The van der Waals surface area contributed by atoms with Crippen LogP contribution in [0.15, 0.2) is 21.9 Å². The number of nitrogens with zero attached hydrogens (tertiary/aromatic N) is 2. The van der Waals surface area contributed by atoms with Crippen molar-refractivity contribution in [3.63, 3.8) is 0 Å². The lowest BCUT2D eigenvalue weighted by Gasteiger charge is -2.20. The summed E-state index contributed by atoms with van der Waals surface area (Å²) in [5, 5.41) is 21.6. The Hall–Kier alpha value is -0.640. The Bertz CT molecular complexity index is 1300. The Morgan fingerprint density at radius 3 is 1.28 bits per heavy atom. The number of benzene rings is 2. The lowest BCUT2D eigenvalue weighted by atomic mass is 10.0. The lowest BCUT2D eigenvalue weighted by molar-refractivity contribution is -0.106. The second-order valence-electron chi connectivity index (χ2n) is 10.1. The van der Waals surface area contributed by atoms with Crippen molar-refractivity contribution < 1.29 is 31.1 Å². The van der Waals surface area contributed by atoms with Crippen LogP contribution in [0.4, 0.5) is 26.3 Å². The first-order valence-corrected chi connectivity index (χ1v) is 19.7. The number of hydrogen-bond acceptors (Lipinski definition) is 7. The molecule has 0 aliphatic carbocycles. The lowest BCUT2D eigenvalue weighted by Crippen LogP contribution is -2.11. The molecule has 0 unspecified atom stereocenters. The monoisotopic (exact) mass is 816 g/mol. The van der Waals surface area contributed by atoms with Crippen LogP contribution >= 0.6 is 93.5 Å². The first-order valence-electron chi connectivity index (χ1n) is 14.3. The predicted octanol–water partition coefficient (Wildman–Crippen LogP) is 14.0. The summed E-state index contributed by atoms with van der Waals surface area (Å²) >= 11 is 29.8. The van der Waals surface area contributed by atoms with E-state index in [4.69, 9.17) is 61.7 Å². The fourth-order valence-corrected chi connectivity index (χ4v) is 8.14. The van der Waals surface area contributed by atoms with Gasteiger partial charge in [-0.3, -0.25) is 0 Å². The minimum Gasteiger partial charge on any atom is -0.454 e. The zero-order valence-corrected chi connectivity index (χ0v) is 31.1. The van der Waals surface area contributed by atoms with Gasteiger partial charge in [0.15, 0.2) is 0 Å². The number of hydrogen-bond donors (Lipinski definition) is 0. The van der Waals surface area contributed by atoms with Crippen molar-refractivity contribution in [3.05, 3.63) is 43.4 Å². The van der Waals surface area contributed by atoms with Crippen molar-refractivity contribution in [2.75, 3.05) is 23.0 Å². The van der Waals surface area contributed by atoms with Gasteiger partial charge in [0.05, 0.1) is 31.6 Å². The molecule has 0 saturated heterocycles. The highest BCUT2D eigenvalue weighted by Gasteiger charge is 2.30. The summed E-state index contributed by atoms with van der Waals surface area (Å²) in [4.78, 5) is 0.158. The zero-order valence-electron chi connectivity index (χ0n) is 24.8. The van der Waals surface area contributed by atoms with E-state index in [0.717, 1.165) is 62.0 Å². The van der Waals surface area contributed by atoms with Crippen molar-refractivity contribution in [1.29, 1.82) is 10.5 Å². The first-order chi connectivity index (χ1) is 22.2. The Balaban J connectivity index is 2.45. The van der Waals surface area contributed by atoms with Crippen LogP contribution in [-0.2, 0) is 12.8 Å². The van der Waals surface area contributed by atoms with E-state index < -0.39 is 23.9 Å². The smallest absolute Gasteiger partial charge is 0.398 e. The van der Waals surface area contributed by atoms with Gasteiger partial charge >= 0.3 is 12.4 Å². The minimum atomic E-state index is -4.48. The fraction of sp³-hybridized carbons (Fsp3) is 0.533. The maximum absolute atomic E-state index is 13.1. The molecular weight excluding hydrogens is 788 g/mol. The molecule has 0 heterocycles. The molecule has 0 radical (unpaired) electrons. The van der Waals surface area contributed by atoms with Gasteiger partial charge in [0.2, 0.25) is 0 Å². The maximum Gasteiger partial charge on any atom is 0.398 e. The molecule has 17 heteroatoms. The number of nitriles is 2. The van der Waals surface area contributed by atoms with E-state index in [0.29, 0.717) is 71.8 Å². The third kappa shape index (κ3) is 15.8. The molecule has 0 amide bonds. The Morgan fingerprint density at radius 2 is 0.936 bits per heavy atom. The van der Waals surface area contributed by atoms with Crippen molar-refractivity contribution >= 4 is 93.5 Å². The Kier molecular flexibility index (Phi) is 19.5. The van der Waals surface area contributed by atoms with E-state index >= 15 is 0 Å². The third-order valence-electron chi connectivity index (χ3n) is 6.43. The molecule has 0 bridgehead atoms. The van der Waals surface area contributed by atoms with Gasteiger partial charge in [0.25, 0.3) is 0 Å². The van der Waals surface area contributed by atoms with E-state index in [1.807, 2.05) is 10.8 Å². The quantitative estimate of drug-likeness (QED) is 0.0571. The van der Waals surface area contributed by atoms with E-state index in [-0.39, 0.29) is 41.4 Å². The van der Waals surface area contributed by atoms with Crippen LogP contribution in [0.1, 0.15) is 62.5 Å². The number of unbranched alkanes of at least 4 members (excludes halogenated alkanes) is 6. The minimum absolute atomic E-state index is 0.0434. The number of ether oxygens (including phenoxy) is 1. The molecule has 0 saturated carbocycles. The summed E-state index contributed by atoms with van der Waals surface area (Å²) in [6, 6.07) is 2.55. The van der Waals surface area contributed by atoms with Crippen LogP contribution in [0.2, 0.25) is 20.1 Å². The fourth-order valence-electron chi connectivity index (χ4n) is 4.26. The highest BCUT2D eigenvalue weighted by Crippen LogP contribution is 2.48. The molecule has 2 rings (SSSR count). The first kappa shape index (κ1) is 42.5. The normalized spacial score (nSPS) is 11.8. The van der Waals surface area contributed by atoms with E-state index in [1.54, 1.807) is 0 Å². The highest BCUT2D eigenvalue weighted by molar-refractivity contribution is 8.03. The van der Waals surface area contributed by atoms with Crippen molar-refractivity contribution in [2.24, 2.45) is 0 Å². The molecule has 2 aromatic rings. The van der Waals surface area contributed by atoms with Gasteiger partial charge in [-0.25, -0.2) is 0 Å². The van der Waals surface area contributed by atoms with Crippen molar-refractivity contribution in [2.45, 2.75) is 86.4 Å². The van der Waals surface area contributed by atoms with Gasteiger partial charge in [-0.1, -0.05) is 72.1 Å². The van der Waals surface area contributed by atoms with Crippen molar-refractivity contribution in [1.82, 2.24) is 0 Å². The van der Waals surface area contributed by atoms with Gasteiger partial charge in [-0.2, -0.15) is 36.9 Å². The second-order valence-corrected chi connectivity index (χ2v) is 15.4. The molecule has 0 fully saturated rings. The standard InChI is InChI=1S/C30H30Cl4F6N2OS4/c31-25-19(9-5-1-3-7-11-44-17-41)27(33)23(46-15-29(35,36)37)13-21(25)43-22-14-24(47-16-30(38,39)40)28(34)20(26(22)32)10-6-2-4-8-12-45-18-42/h13-14H,1-12,15-16H2. The average molecular weight is 819 g/mol. The molecule has 0 aliphatic heterocycles. The molecule has 47 heavy (non-hydrogen) atoms. The topological polar surface area (TPSA) is 56.8 Å². The van der Waals surface area contributed by atoms with Gasteiger partial charge in [0.1, 0.15) is 22.3 Å². The summed E-state index contributed by atoms with van der Waals surface area (Å²) in [5.74, 6) is -1.15. The summed E-state index contributed by atoms with van der Waals surface area (Å²) in [6.07, 6.45) is -2.25. The van der Waals surface area contributed by atoms with Gasteiger partial charge < -0.3 is 4.74 Å². The van der Waals surface area contributed by atoms with E-state index in [1.165, 1.54) is 12.1 Å². The number of thioether (sulfide) groups is 4. The summed E-state index contributed by atoms with van der Waals surface area (Å²) in [5.41, 5.74) is 0.766. The number of halogens is 10. The molecule has 0 atom stereocenters. The van der Waals surface area contributed by atoms with Crippen LogP contribution in [0.3, 0.4) is 0 Å². The van der Waals surface area contributed by atoms with Crippen LogP contribution in [0, 0.1) is 21.3 Å². The highest BCUT2D eigenvalue weighted by atomic mass is 35.5. The zero-order chi connectivity index (χ0) is 35.0. The van der Waals surface area contributed by atoms with Crippen LogP contribution in [0.5, 0.6) is 11.5 Å². The Labute approximate surface area is 308 Å². The number of thiocyanates is 2. The molecule has 0 aliphatic rings. The van der Waals surface area contributed by atoms with Crippen LogP contribution in [-0.4, -0.2) is 35.4 Å². The molecule has 260 valence electrons. The van der Waals surface area contributed by atoms with Gasteiger partial charge in [0, 0.05) is 21.3 Å². The third-order valence-corrected chi connectivity index (χ3v) is 11.8. The molecule has 3 nitrogen and oxygen atoms in total. The van der Waals surface area contributed by atoms with Crippen LogP contribution in [0.25, 0.3) is 0 Å². The second kappa shape index (κ2) is 21.5. The van der Waals surface area contributed by atoms with E-state index in [9.17, 15) is 26.3 Å². The largest absolute Gasteiger partial charge is 0.454 e. The average Bonchev–Trinajstić information content (AvgIpc) is 2.99. The molecule has 0 aromatic heterocycles. The predicted molar refractivity (Wildman–Crippen MR) is 187 cm³/mol. The molecule has 0 spiro atoms. The summed E-state index contributed by atoms with van der Waals surface area (Å²) < 4.78 is 85.0. The van der Waals surface area contributed by atoms with Crippen molar-refractivity contribution in [3.8, 4) is 22.3 Å². The van der Waals surface area contributed by atoms with Gasteiger partial charge in [-0.15, -0.1) is 23.5 Å². The maximum atomic E-state index is 13.1. The summed E-state index contributed by atoms with van der Waals surface area (Å²) in [7, 11) is 0. The molecule has 2 aromatic carbocycles. The number of alkyl halides is 6. The molecule has 0 N–H and O–H groups in total. The number of rotatable bonds is 20. The van der Waals surface area contributed by atoms with Crippen LogP contribution < -0.4 is 4.74 Å². The SMILES string of the molecule is N#CSCCCCCCc1c(Cl)c(Oc2cc(SCC(F)(F)F)c(Cl)c(CCCCCCSC#N)c2Cl)cc(SCC(F)(F)F)c1Cl. The summed E-state index contributed by atoms with van der Waals surface area (Å²) in [6.45, 7) is 0. The van der Waals surface area contributed by atoms with E-state index in [2.05, 4.69) is 0 Å².